The Kier molecular flexibility index (Phi) is 5.85. The fraction of sp³-hybridized carbons (Fsp3) is 0.0833. The van der Waals surface area contributed by atoms with Gasteiger partial charge in [-0.25, -0.2) is 8.78 Å². The third-order valence-corrected chi connectivity index (χ3v) is 4.83. The van der Waals surface area contributed by atoms with Gasteiger partial charge in [0.15, 0.2) is 17.4 Å². The zero-order valence-electron chi connectivity index (χ0n) is 16.7. The minimum Gasteiger partial charge on any atom is -0.503 e. The quantitative estimate of drug-likeness (QED) is 0.425. The van der Waals surface area contributed by atoms with Crippen molar-refractivity contribution in [2.24, 2.45) is 0 Å². The van der Waals surface area contributed by atoms with E-state index in [4.69, 9.17) is 9.84 Å². The number of anilines is 1. The summed E-state index contributed by atoms with van der Waals surface area (Å²) in [6.45, 7) is 0.135. The standard InChI is InChI=1S/C24H18F2N2O4/c25-19-12-16(13-20(26)23(19)30)27-21-14-22(29)28(24(21)31)11-10-15-6-8-18(9-7-15)32-17-4-2-1-3-5-17/h1-9,12-14,27,30H,10-11H2. The van der Waals surface area contributed by atoms with Gasteiger partial charge in [0.05, 0.1) is 0 Å². The first-order chi connectivity index (χ1) is 15.4. The highest BCUT2D eigenvalue weighted by molar-refractivity contribution is 6.17. The fourth-order valence-corrected chi connectivity index (χ4v) is 3.19. The minimum atomic E-state index is -1.18. The van der Waals surface area contributed by atoms with Gasteiger partial charge in [-0.2, -0.15) is 0 Å². The van der Waals surface area contributed by atoms with Crippen LogP contribution in [-0.2, 0) is 16.0 Å². The van der Waals surface area contributed by atoms with Crippen molar-refractivity contribution in [1.29, 1.82) is 0 Å². The molecular formula is C24H18F2N2O4. The number of imide groups is 1. The Labute approximate surface area is 182 Å². The van der Waals surface area contributed by atoms with Crippen LogP contribution in [-0.4, -0.2) is 28.4 Å². The first-order valence-corrected chi connectivity index (χ1v) is 9.75. The highest BCUT2D eigenvalue weighted by Crippen LogP contribution is 2.26. The van der Waals surface area contributed by atoms with Crippen LogP contribution in [0.5, 0.6) is 17.2 Å². The van der Waals surface area contributed by atoms with E-state index in [9.17, 15) is 18.4 Å². The second-order valence-electron chi connectivity index (χ2n) is 7.08. The Bertz CT molecular complexity index is 1170. The highest BCUT2D eigenvalue weighted by atomic mass is 19.1. The molecule has 2 amide bonds. The summed E-state index contributed by atoms with van der Waals surface area (Å²) in [6, 6.07) is 18.3. The van der Waals surface area contributed by atoms with E-state index in [1.807, 2.05) is 42.5 Å². The molecule has 162 valence electrons. The van der Waals surface area contributed by atoms with E-state index in [1.165, 1.54) is 0 Å². The molecule has 8 heteroatoms. The van der Waals surface area contributed by atoms with Gasteiger partial charge in [-0.1, -0.05) is 30.3 Å². The Morgan fingerprint density at radius 3 is 2.19 bits per heavy atom. The molecule has 0 atom stereocenters. The summed E-state index contributed by atoms with van der Waals surface area (Å²) in [5, 5.41) is 11.7. The molecule has 1 aliphatic rings. The molecule has 2 N–H and O–H groups in total. The number of phenols is 1. The number of phenolic OH excluding ortho intramolecular Hbond substituents is 1. The van der Waals surface area contributed by atoms with Crippen LogP contribution in [0.3, 0.4) is 0 Å². The lowest BCUT2D eigenvalue weighted by Gasteiger charge is -2.15. The predicted octanol–water partition coefficient (Wildman–Crippen LogP) is 4.37. The van der Waals surface area contributed by atoms with Gasteiger partial charge in [-0.05, 0) is 36.2 Å². The summed E-state index contributed by atoms with van der Waals surface area (Å²) in [6.07, 6.45) is 1.49. The van der Waals surface area contributed by atoms with Gasteiger partial charge >= 0.3 is 0 Å². The van der Waals surface area contributed by atoms with Gasteiger partial charge in [0, 0.05) is 30.4 Å². The van der Waals surface area contributed by atoms with Gasteiger partial charge in [-0.3, -0.25) is 14.5 Å². The normalized spacial score (nSPS) is 13.3. The van der Waals surface area contributed by atoms with E-state index in [1.54, 1.807) is 12.1 Å². The Hall–Kier alpha value is -4.20. The van der Waals surface area contributed by atoms with Gasteiger partial charge in [0.1, 0.15) is 17.2 Å². The molecule has 3 aromatic carbocycles. The Balaban J connectivity index is 1.35. The van der Waals surface area contributed by atoms with E-state index in [0.29, 0.717) is 17.9 Å². The molecule has 0 saturated heterocycles. The number of nitrogens with one attached hydrogen (secondary N) is 1. The Morgan fingerprint density at radius 1 is 0.906 bits per heavy atom. The first-order valence-electron chi connectivity index (χ1n) is 9.75. The molecule has 0 unspecified atom stereocenters. The van der Waals surface area contributed by atoms with Crippen molar-refractivity contribution < 1.29 is 28.2 Å². The van der Waals surface area contributed by atoms with Crippen LogP contribution >= 0.6 is 0 Å². The molecule has 3 aromatic rings. The van der Waals surface area contributed by atoms with E-state index in [-0.39, 0.29) is 17.9 Å². The largest absolute Gasteiger partial charge is 0.503 e. The van der Waals surface area contributed by atoms with Crippen LogP contribution < -0.4 is 10.1 Å². The van der Waals surface area contributed by atoms with Crippen molar-refractivity contribution in [3.63, 3.8) is 0 Å². The number of nitrogens with zero attached hydrogens (tertiary/aromatic N) is 1. The number of hydrogen-bond acceptors (Lipinski definition) is 5. The van der Waals surface area contributed by atoms with Crippen molar-refractivity contribution in [2.45, 2.75) is 6.42 Å². The van der Waals surface area contributed by atoms with Crippen molar-refractivity contribution in [3.05, 3.63) is 95.7 Å². The van der Waals surface area contributed by atoms with E-state index in [2.05, 4.69) is 5.32 Å². The van der Waals surface area contributed by atoms with Gasteiger partial charge in [-0.15, -0.1) is 0 Å². The second kappa shape index (κ2) is 8.89. The number of hydrogen-bond donors (Lipinski definition) is 2. The molecule has 0 bridgehead atoms. The average molecular weight is 436 g/mol. The zero-order chi connectivity index (χ0) is 22.7. The maximum atomic E-state index is 13.5. The summed E-state index contributed by atoms with van der Waals surface area (Å²) >= 11 is 0. The topological polar surface area (TPSA) is 78.9 Å². The molecule has 0 spiro atoms. The molecule has 1 aliphatic heterocycles. The summed E-state index contributed by atoms with van der Waals surface area (Å²) in [5.41, 5.74) is 0.697. The number of amides is 2. The maximum Gasteiger partial charge on any atom is 0.277 e. The number of para-hydroxylation sites is 1. The SMILES string of the molecule is O=C1C=C(Nc2cc(F)c(O)c(F)c2)C(=O)N1CCc1ccc(Oc2ccccc2)cc1. The number of rotatable bonds is 7. The van der Waals surface area contributed by atoms with E-state index in [0.717, 1.165) is 28.7 Å². The first kappa shape index (κ1) is 21.0. The fourth-order valence-electron chi connectivity index (χ4n) is 3.19. The van der Waals surface area contributed by atoms with Crippen molar-refractivity contribution in [1.82, 2.24) is 4.90 Å². The third-order valence-electron chi connectivity index (χ3n) is 4.83. The van der Waals surface area contributed by atoms with Crippen molar-refractivity contribution in [2.75, 3.05) is 11.9 Å². The molecule has 6 nitrogen and oxygen atoms in total. The van der Waals surface area contributed by atoms with Crippen molar-refractivity contribution >= 4 is 17.5 Å². The molecule has 0 radical (unpaired) electrons. The van der Waals surface area contributed by atoms with E-state index >= 15 is 0 Å². The molecule has 1 heterocycles. The van der Waals surface area contributed by atoms with Crippen molar-refractivity contribution in [3.8, 4) is 17.2 Å². The van der Waals surface area contributed by atoms with Crippen LogP contribution in [0.25, 0.3) is 0 Å². The van der Waals surface area contributed by atoms with Crippen LogP contribution in [0.4, 0.5) is 14.5 Å². The monoisotopic (exact) mass is 436 g/mol. The lowest BCUT2D eigenvalue weighted by molar-refractivity contribution is -0.137. The third kappa shape index (κ3) is 4.59. The Morgan fingerprint density at radius 2 is 1.53 bits per heavy atom. The molecule has 0 fully saturated rings. The molecule has 32 heavy (non-hydrogen) atoms. The van der Waals surface area contributed by atoms with E-state index < -0.39 is 29.2 Å². The van der Waals surface area contributed by atoms with Gasteiger partial charge in [0.25, 0.3) is 11.8 Å². The number of benzene rings is 3. The minimum absolute atomic E-state index is 0.0962. The number of ether oxygens (including phenoxy) is 1. The lowest BCUT2D eigenvalue weighted by Crippen LogP contribution is -2.33. The molecule has 0 aliphatic carbocycles. The van der Waals surface area contributed by atoms with Crippen LogP contribution in [0.2, 0.25) is 0 Å². The highest BCUT2D eigenvalue weighted by Gasteiger charge is 2.31. The summed E-state index contributed by atoms with van der Waals surface area (Å²) < 4.78 is 32.7. The van der Waals surface area contributed by atoms with Crippen LogP contribution in [0, 0.1) is 11.6 Å². The summed E-state index contributed by atoms with van der Waals surface area (Å²) in [5.74, 6) is -3.22. The number of carbonyl (C=O) groups is 2. The molecular weight excluding hydrogens is 418 g/mol. The molecule has 0 aromatic heterocycles. The lowest BCUT2D eigenvalue weighted by atomic mass is 10.1. The van der Waals surface area contributed by atoms with Crippen LogP contribution in [0.15, 0.2) is 78.5 Å². The number of aromatic hydroxyl groups is 1. The zero-order valence-corrected chi connectivity index (χ0v) is 16.7. The second-order valence-corrected chi connectivity index (χ2v) is 7.08. The molecule has 4 rings (SSSR count). The molecule has 0 saturated carbocycles. The summed E-state index contributed by atoms with van der Waals surface area (Å²) in [4.78, 5) is 25.8. The van der Waals surface area contributed by atoms with Gasteiger partial charge in [0.2, 0.25) is 0 Å². The average Bonchev–Trinajstić information content (AvgIpc) is 3.04. The predicted molar refractivity (Wildman–Crippen MR) is 113 cm³/mol. The summed E-state index contributed by atoms with van der Waals surface area (Å²) in [7, 11) is 0. The number of halogens is 2. The van der Waals surface area contributed by atoms with Gasteiger partial charge < -0.3 is 15.2 Å². The van der Waals surface area contributed by atoms with Crippen LogP contribution in [0.1, 0.15) is 5.56 Å². The smallest absolute Gasteiger partial charge is 0.277 e. The number of carbonyl (C=O) groups excluding carboxylic acids is 2. The maximum absolute atomic E-state index is 13.5.